The first-order chi connectivity index (χ1) is 14.8. The van der Waals surface area contributed by atoms with Gasteiger partial charge in [-0.25, -0.2) is 4.79 Å². The molecule has 31 heavy (non-hydrogen) atoms. The van der Waals surface area contributed by atoms with Crippen LogP contribution in [0.1, 0.15) is 90.0 Å². The molecule has 0 saturated carbocycles. The Morgan fingerprint density at radius 2 is 1.58 bits per heavy atom. The molecule has 2 aromatic rings. The Morgan fingerprint density at radius 3 is 2.19 bits per heavy atom. The maximum Gasteiger partial charge on any atom is 0.323 e. The lowest BCUT2D eigenvalue weighted by atomic mass is 9.70. The Bertz CT molecular complexity index is 838. The van der Waals surface area contributed by atoms with Gasteiger partial charge in [-0.2, -0.15) is 0 Å². The molecule has 0 aromatic heterocycles. The van der Waals surface area contributed by atoms with E-state index in [1.54, 1.807) is 0 Å². The Hall–Kier alpha value is -2.33. The van der Waals surface area contributed by atoms with Crippen molar-refractivity contribution in [2.75, 3.05) is 10.6 Å². The molecule has 3 rings (SSSR count). The van der Waals surface area contributed by atoms with Crippen LogP contribution >= 0.6 is 0 Å². The molecule has 0 heterocycles. The largest absolute Gasteiger partial charge is 0.323 e. The third-order valence-corrected chi connectivity index (χ3v) is 6.21. The molecule has 3 N–H and O–H groups in total. The summed E-state index contributed by atoms with van der Waals surface area (Å²) in [5.74, 6) is 0. The quantitative estimate of drug-likeness (QED) is 0.449. The van der Waals surface area contributed by atoms with Crippen LogP contribution in [0.25, 0.3) is 0 Å². The van der Waals surface area contributed by atoms with Crippen LogP contribution in [-0.4, -0.2) is 12.1 Å². The highest BCUT2D eigenvalue weighted by Crippen LogP contribution is 2.43. The highest BCUT2D eigenvalue weighted by Gasteiger charge is 2.33. The second-order valence-corrected chi connectivity index (χ2v) is 8.90. The van der Waals surface area contributed by atoms with Gasteiger partial charge in [-0.3, -0.25) is 0 Å². The molecule has 4 nitrogen and oxygen atoms in total. The minimum Gasteiger partial charge on any atom is -0.308 e. The van der Waals surface area contributed by atoms with E-state index in [9.17, 15) is 4.79 Å². The minimum absolute atomic E-state index is 0.104. The van der Waals surface area contributed by atoms with Crippen LogP contribution in [0.5, 0.6) is 0 Å². The van der Waals surface area contributed by atoms with Crippen molar-refractivity contribution in [1.82, 2.24) is 5.32 Å². The van der Waals surface area contributed by atoms with Gasteiger partial charge >= 0.3 is 6.03 Å². The molecule has 1 unspecified atom stereocenters. The van der Waals surface area contributed by atoms with E-state index in [2.05, 4.69) is 55.8 Å². The predicted octanol–water partition coefficient (Wildman–Crippen LogP) is 7.56. The summed E-state index contributed by atoms with van der Waals surface area (Å²) >= 11 is 0. The first-order valence-corrected chi connectivity index (χ1v) is 11.9. The molecule has 4 heteroatoms. The van der Waals surface area contributed by atoms with E-state index < -0.39 is 0 Å². The number of rotatable bonds is 6. The van der Waals surface area contributed by atoms with E-state index in [1.807, 2.05) is 51.1 Å². The summed E-state index contributed by atoms with van der Waals surface area (Å²) < 4.78 is 0. The van der Waals surface area contributed by atoms with Gasteiger partial charge in [0.2, 0.25) is 0 Å². The molecule has 170 valence electrons. The smallest absolute Gasteiger partial charge is 0.308 e. The summed E-state index contributed by atoms with van der Waals surface area (Å²) in [4.78, 5) is 12.4. The Morgan fingerprint density at radius 1 is 1.00 bits per heavy atom. The Kier molecular flexibility index (Phi) is 9.12. The number of anilines is 2. The van der Waals surface area contributed by atoms with E-state index in [0.717, 1.165) is 37.1 Å². The molecule has 1 aliphatic rings. The zero-order valence-corrected chi connectivity index (χ0v) is 20.4. The number of urea groups is 1. The van der Waals surface area contributed by atoms with Crippen molar-refractivity contribution in [1.29, 1.82) is 0 Å². The van der Waals surface area contributed by atoms with E-state index in [1.165, 1.54) is 16.7 Å². The molecule has 0 saturated heterocycles. The van der Waals surface area contributed by atoms with Crippen molar-refractivity contribution in [3.8, 4) is 0 Å². The maximum atomic E-state index is 12.4. The summed E-state index contributed by atoms with van der Waals surface area (Å²) in [5.41, 5.74) is 5.61. The third-order valence-electron chi connectivity index (χ3n) is 6.21. The van der Waals surface area contributed by atoms with E-state index in [-0.39, 0.29) is 11.4 Å². The Labute approximate surface area is 189 Å². The van der Waals surface area contributed by atoms with Crippen LogP contribution in [-0.2, 0) is 5.41 Å². The number of benzene rings is 2. The number of hydrogen-bond acceptors (Lipinski definition) is 2. The third kappa shape index (κ3) is 6.57. The molecule has 0 fully saturated rings. The first-order valence-electron chi connectivity index (χ1n) is 11.9. The van der Waals surface area contributed by atoms with Crippen molar-refractivity contribution in [3.05, 3.63) is 59.2 Å². The fraction of sp³-hybridized carbons (Fsp3) is 0.519. The maximum absolute atomic E-state index is 12.4. The van der Waals surface area contributed by atoms with Gasteiger partial charge < -0.3 is 16.0 Å². The zero-order valence-electron chi connectivity index (χ0n) is 20.4. The van der Waals surface area contributed by atoms with Gasteiger partial charge in [0, 0.05) is 23.5 Å². The lowest BCUT2D eigenvalue weighted by Gasteiger charge is -2.39. The van der Waals surface area contributed by atoms with Crippen LogP contribution in [0.15, 0.2) is 42.5 Å². The number of nitrogens with one attached hydrogen (secondary N) is 3. The van der Waals surface area contributed by atoms with Gasteiger partial charge in [0.05, 0.1) is 0 Å². The van der Waals surface area contributed by atoms with E-state index in [4.69, 9.17) is 0 Å². The molecule has 2 amide bonds. The fourth-order valence-electron chi connectivity index (χ4n) is 4.23. The van der Waals surface area contributed by atoms with Crippen molar-refractivity contribution in [3.63, 3.8) is 0 Å². The number of carbonyl (C=O) groups excluding carboxylic acids is 1. The monoisotopic (exact) mass is 423 g/mol. The van der Waals surface area contributed by atoms with Crippen molar-refractivity contribution >= 4 is 17.4 Å². The van der Waals surface area contributed by atoms with Gasteiger partial charge in [-0.1, -0.05) is 65.3 Å². The second-order valence-electron chi connectivity index (χ2n) is 8.90. The summed E-state index contributed by atoms with van der Waals surface area (Å²) in [6.45, 7) is 15.1. The molecular formula is C27H41N3O. The molecule has 0 spiro atoms. The molecular weight excluding hydrogens is 382 g/mol. The lowest BCUT2D eigenvalue weighted by Crippen LogP contribution is -2.37. The molecule has 2 aromatic carbocycles. The van der Waals surface area contributed by atoms with Crippen LogP contribution < -0.4 is 16.0 Å². The van der Waals surface area contributed by atoms with Gasteiger partial charge in [-0.05, 0) is 73.4 Å². The lowest BCUT2D eigenvalue weighted by molar-refractivity contribution is 0.262. The molecule has 1 aliphatic carbocycles. The van der Waals surface area contributed by atoms with Crippen molar-refractivity contribution < 1.29 is 4.79 Å². The number of hydrogen-bond donors (Lipinski definition) is 3. The molecule has 0 aliphatic heterocycles. The zero-order chi connectivity index (χ0) is 23.0. The average molecular weight is 424 g/mol. The van der Waals surface area contributed by atoms with Crippen molar-refractivity contribution in [2.24, 2.45) is 0 Å². The van der Waals surface area contributed by atoms with Crippen LogP contribution in [0.4, 0.5) is 16.2 Å². The average Bonchev–Trinajstić information content (AvgIpc) is 2.76. The number of amides is 2. The highest BCUT2D eigenvalue weighted by atomic mass is 16.2. The normalized spacial score (nSPS) is 16.7. The fourth-order valence-corrected chi connectivity index (χ4v) is 4.23. The number of carbonyl (C=O) groups is 1. The summed E-state index contributed by atoms with van der Waals surface area (Å²) in [7, 11) is 0. The summed E-state index contributed by atoms with van der Waals surface area (Å²) in [6.07, 6.45) is 4.57. The first kappa shape index (κ1) is 24.9. The standard InChI is InChI=1S/C25H35N3O.C2H6/c1-6-18(7-2)26-23-14-15-25(4,5)22-16-20(12-13-21(22)23)28-24(29)27-19-10-8-17(3)9-11-19;1-2/h8-13,16,18,23,26H,6-7,14-15H2,1-5H3,(H2,27,28,29);1-2H3. The summed E-state index contributed by atoms with van der Waals surface area (Å²) in [6, 6.07) is 14.9. The SMILES string of the molecule is CC.CCC(CC)NC1CCC(C)(C)c2cc(NC(=O)Nc3ccc(C)cc3)ccc21. The van der Waals surface area contributed by atoms with Gasteiger partial charge in [0.25, 0.3) is 0 Å². The highest BCUT2D eigenvalue weighted by molar-refractivity contribution is 5.99. The van der Waals surface area contributed by atoms with Crippen molar-refractivity contribution in [2.45, 2.75) is 91.6 Å². The van der Waals surface area contributed by atoms with Crippen LogP contribution in [0, 0.1) is 6.92 Å². The Balaban J connectivity index is 0.00000166. The van der Waals surface area contributed by atoms with Gasteiger partial charge in [-0.15, -0.1) is 0 Å². The van der Waals surface area contributed by atoms with E-state index in [0.29, 0.717) is 12.1 Å². The molecule has 1 atom stereocenters. The second kappa shape index (κ2) is 11.3. The topological polar surface area (TPSA) is 53.2 Å². The van der Waals surface area contributed by atoms with Gasteiger partial charge in [0.1, 0.15) is 0 Å². The van der Waals surface area contributed by atoms with Crippen LogP contribution in [0.2, 0.25) is 0 Å². The van der Waals surface area contributed by atoms with Crippen LogP contribution in [0.3, 0.4) is 0 Å². The molecule has 0 bridgehead atoms. The van der Waals surface area contributed by atoms with E-state index >= 15 is 0 Å². The predicted molar refractivity (Wildman–Crippen MR) is 134 cm³/mol. The summed E-state index contributed by atoms with van der Waals surface area (Å²) in [5, 5.41) is 9.75. The molecule has 0 radical (unpaired) electrons. The van der Waals surface area contributed by atoms with Gasteiger partial charge in [0.15, 0.2) is 0 Å². The number of fused-ring (bicyclic) bond motifs is 1. The minimum atomic E-state index is -0.214. The number of aryl methyl sites for hydroxylation is 1.